The summed E-state index contributed by atoms with van der Waals surface area (Å²) < 4.78 is 4.99. The second-order valence-corrected chi connectivity index (χ2v) is 5.22. The van der Waals surface area contributed by atoms with Crippen LogP contribution in [-0.4, -0.2) is 12.6 Å². The predicted octanol–water partition coefficient (Wildman–Crippen LogP) is 2.62. The first kappa shape index (κ1) is 14.7. The van der Waals surface area contributed by atoms with Crippen LogP contribution in [0.5, 0.6) is 0 Å². The molecule has 0 saturated heterocycles. The molecule has 0 fully saturated rings. The minimum absolute atomic E-state index is 0.344. The zero-order chi connectivity index (χ0) is 13.8. The van der Waals surface area contributed by atoms with E-state index in [1.54, 1.807) is 13.8 Å². The molecule has 0 bridgehead atoms. The summed E-state index contributed by atoms with van der Waals surface area (Å²) in [5, 5.41) is 0. The van der Waals surface area contributed by atoms with Gasteiger partial charge in [-0.3, -0.25) is 0 Å². The smallest absolute Gasteiger partial charge is 0.330 e. The Morgan fingerprint density at radius 3 is 2.33 bits per heavy atom. The molecule has 3 nitrogen and oxygen atoms in total. The van der Waals surface area contributed by atoms with Gasteiger partial charge in [-0.1, -0.05) is 38.1 Å². The fraction of sp³-hybridized carbons (Fsp3) is 0.533. The maximum absolute atomic E-state index is 11.8. The number of nitrogens with two attached hydrogens (primary N) is 1. The van der Waals surface area contributed by atoms with E-state index in [2.05, 4.69) is 13.8 Å². The first-order valence-corrected chi connectivity index (χ1v) is 6.43. The molecule has 3 heteroatoms. The number of hydrogen-bond acceptors (Lipinski definition) is 3. The Hall–Kier alpha value is -1.35. The number of hydrogen-bond donors (Lipinski definition) is 1. The van der Waals surface area contributed by atoms with Gasteiger partial charge in [-0.15, -0.1) is 0 Å². The van der Waals surface area contributed by atoms with Crippen molar-refractivity contribution in [2.24, 2.45) is 11.7 Å². The van der Waals surface area contributed by atoms with Crippen molar-refractivity contribution in [2.45, 2.75) is 39.7 Å². The van der Waals surface area contributed by atoms with Crippen LogP contribution in [0.3, 0.4) is 0 Å². The molecular formula is C15H23NO2. The molecule has 2 N–H and O–H groups in total. The first-order chi connectivity index (χ1) is 8.37. The van der Waals surface area contributed by atoms with Crippen molar-refractivity contribution in [1.29, 1.82) is 0 Å². The Morgan fingerprint density at radius 1 is 1.33 bits per heavy atom. The topological polar surface area (TPSA) is 52.3 Å². The molecule has 0 spiro atoms. The van der Waals surface area contributed by atoms with Gasteiger partial charge in [-0.25, -0.2) is 4.79 Å². The third kappa shape index (κ3) is 3.57. The number of ether oxygens (including phenoxy) is 1. The third-order valence-corrected chi connectivity index (χ3v) is 2.90. The number of carbonyl (C=O) groups excluding carboxylic acids is 1. The Balaban J connectivity index is 2.86. The summed E-state index contributed by atoms with van der Waals surface area (Å²) in [5.41, 5.74) is 7.01. The van der Waals surface area contributed by atoms with E-state index in [0.717, 1.165) is 12.0 Å². The summed E-state index contributed by atoms with van der Waals surface area (Å²) >= 11 is 0. The predicted molar refractivity (Wildman–Crippen MR) is 73.2 cm³/mol. The van der Waals surface area contributed by atoms with E-state index in [4.69, 9.17) is 10.5 Å². The summed E-state index contributed by atoms with van der Waals surface area (Å²) in [5.74, 6) is 0.228. The fourth-order valence-corrected chi connectivity index (χ4v) is 1.86. The van der Waals surface area contributed by atoms with Gasteiger partial charge in [0.2, 0.25) is 0 Å². The molecule has 0 heterocycles. The van der Waals surface area contributed by atoms with Gasteiger partial charge in [0, 0.05) is 0 Å². The molecule has 1 unspecified atom stereocenters. The molecule has 1 aromatic rings. The van der Waals surface area contributed by atoms with Gasteiger partial charge in [-0.2, -0.15) is 0 Å². The van der Waals surface area contributed by atoms with Crippen molar-refractivity contribution in [3.05, 3.63) is 35.4 Å². The van der Waals surface area contributed by atoms with Gasteiger partial charge in [0.1, 0.15) is 5.54 Å². The van der Waals surface area contributed by atoms with Crippen LogP contribution in [0.4, 0.5) is 0 Å². The van der Waals surface area contributed by atoms with Crippen LogP contribution in [0, 0.1) is 5.92 Å². The van der Waals surface area contributed by atoms with E-state index < -0.39 is 5.54 Å². The van der Waals surface area contributed by atoms with E-state index in [1.807, 2.05) is 24.3 Å². The number of benzene rings is 1. The normalized spacial score (nSPS) is 14.3. The quantitative estimate of drug-likeness (QED) is 0.816. The van der Waals surface area contributed by atoms with E-state index in [1.165, 1.54) is 5.56 Å². The molecule has 1 aromatic carbocycles. The molecule has 0 aliphatic heterocycles. The van der Waals surface area contributed by atoms with Crippen LogP contribution in [0.2, 0.25) is 0 Å². The van der Waals surface area contributed by atoms with Crippen LogP contribution in [-0.2, 0) is 21.5 Å². The number of carbonyl (C=O) groups is 1. The molecule has 0 radical (unpaired) electrons. The fourth-order valence-electron chi connectivity index (χ4n) is 1.86. The molecule has 0 aromatic heterocycles. The monoisotopic (exact) mass is 249 g/mol. The van der Waals surface area contributed by atoms with Crippen LogP contribution >= 0.6 is 0 Å². The van der Waals surface area contributed by atoms with Gasteiger partial charge >= 0.3 is 5.97 Å². The SMILES string of the molecule is CCOC(=O)C(C)(N)c1ccc(CC(C)C)cc1. The summed E-state index contributed by atoms with van der Waals surface area (Å²) in [4.78, 5) is 11.8. The molecule has 1 rings (SSSR count). The molecule has 0 saturated carbocycles. The third-order valence-electron chi connectivity index (χ3n) is 2.90. The van der Waals surface area contributed by atoms with E-state index in [9.17, 15) is 4.79 Å². The Bertz CT molecular complexity index is 393. The van der Waals surface area contributed by atoms with Crippen LogP contribution < -0.4 is 5.73 Å². The minimum atomic E-state index is -1.08. The van der Waals surface area contributed by atoms with Crippen molar-refractivity contribution >= 4 is 5.97 Å². The van der Waals surface area contributed by atoms with Crippen LogP contribution in [0.15, 0.2) is 24.3 Å². The summed E-state index contributed by atoms with van der Waals surface area (Å²) in [6.07, 6.45) is 1.03. The maximum Gasteiger partial charge on any atom is 0.330 e. The van der Waals surface area contributed by atoms with Gasteiger partial charge < -0.3 is 10.5 Å². The van der Waals surface area contributed by atoms with Gasteiger partial charge in [0.25, 0.3) is 0 Å². The highest BCUT2D eigenvalue weighted by Crippen LogP contribution is 2.21. The highest BCUT2D eigenvalue weighted by molar-refractivity contribution is 5.81. The lowest BCUT2D eigenvalue weighted by Crippen LogP contribution is -2.43. The van der Waals surface area contributed by atoms with Crippen molar-refractivity contribution in [3.63, 3.8) is 0 Å². The molecule has 1 atom stereocenters. The number of rotatable bonds is 5. The zero-order valence-electron chi connectivity index (χ0n) is 11.7. The van der Waals surface area contributed by atoms with E-state index in [0.29, 0.717) is 12.5 Å². The lowest BCUT2D eigenvalue weighted by molar-refractivity contribution is -0.149. The lowest BCUT2D eigenvalue weighted by atomic mass is 9.91. The van der Waals surface area contributed by atoms with Crippen LogP contribution in [0.25, 0.3) is 0 Å². The average molecular weight is 249 g/mol. The molecule has 0 amide bonds. The molecule has 100 valence electrons. The summed E-state index contributed by atoms with van der Waals surface area (Å²) in [7, 11) is 0. The van der Waals surface area contributed by atoms with Gasteiger partial charge in [-0.05, 0) is 37.3 Å². The summed E-state index contributed by atoms with van der Waals surface area (Å²) in [6.45, 7) is 8.17. The molecule has 0 aliphatic carbocycles. The van der Waals surface area contributed by atoms with Gasteiger partial charge in [0.15, 0.2) is 0 Å². The minimum Gasteiger partial charge on any atom is -0.464 e. The summed E-state index contributed by atoms with van der Waals surface area (Å²) in [6, 6.07) is 7.88. The van der Waals surface area contributed by atoms with Crippen molar-refractivity contribution in [2.75, 3.05) is 6.61 Å². The first-order valence-electron chi connectivity index (χ1n) is 6.43. The van der Waals surface area contributed by atoms with E-state index in [-0.39, 0.29) is 5.97 Å². The highest BCUT2D eigenvalue weighted by Gasteiger charge is 2.31. The average Bonchev–Trinajstić information content (AvgIpc) is 2.29. The lowest BCUT2D eigenvalue weighted by Gasteiger charge is -2.23. The Labute approximate surface area is 109 Å². The second kappa shape index (κ2) is 6.01. The van der Waals surface area contributed by atoms with Crippen molar-refractivity contribution < 1.29 is 9.53 Å². The van der Waals surface area contributed by atoms with Crippen LogP contribution in [0.1, 0.15) is 38.8 Å². The highest BCUT2D eigenvalue weighted by atomic mass is 16.5. The zero-order valence-corrected chi connectivity index (χ0v) is 11.7. The standard InChI is InChI=1S/C15H23NO2/c1-5-18-14(17)15(4,16)13-8-6-12(7-9-13)10-11(2)3/h6-9,11H,5,10,16H2,1-4H3. The van der Waals surface area contributed by atoms with Gasteiger partial charge in [0.05, 0.1) is 6.61 Å². The maximum atomic E-state index is 11.8. The second-order valence-electron chi connectivity index (χ2n) is 5.22. The molecular weight excluding hydrogens is 226 g/mol. The molecule has 0 aliphatic rings. The largest absolute Gasteiger partial charge is 0.464 e. The number of esters is 1. The Kier molecular flexibility index (Phi) is 4.91. The molecule has 18 heavy (non-hydrogen) atoms. The van der Waals surface area contributed by atoms with Crippen molar-refractivity contribution in [1.82, 2.24) is 0 Å². The van der Waals surface area contributed by atoms with Crippen molar-refractivity contribution in [3.8, 4) is 0 Å². The van der Waals surface area contributed by atoms with E-state index >= 15 is 0 Å². The Morgan fingerprint density at radius 2 is 1.89 bits per heavy atom.